The largest absolute Gasteiger partial charge is 0.493 e. The zero-order valence-electron chi connectivity index (χ0n) is 20.3. The fraction of sp³-hybridized carbons (Fsp3) is 0.423. The first-order valence-corrected chi connectivity index (χ1v) is 11.5. The van der Waals surface area contributed by atoms with E-state index in [1.807, 2.05) is 6.07 Å². The minimum atomic E-state index is -0.648. The van der Waals surface area contributed by atoms with Crippen molar-refractivity contribution in [2.45, 2.75) is 32.2 Å². The van der Waals surface area contributed by atoms with Crippen LogP contribution in [0.4, 0.5) is 10.1 Å². The van der Waals surface area contributed by atoms with Gasteiger partial charge < -0.3 is 24.0 Å². The summed E-state index contributed by atoms with van der Waals surface area (Å²) >= 11 is 0. The fourth-order valence-electron chi connectivity index (χ4n) is 4.92. The van der Waals surface area contributed by atoms with Crippen molar-refractivity contribution in [1.82, 2.24) is 4.90 Å². The molecule has 9 heteroatoms. The third-order valence-electron chi connectivity index (χ3n) is 6.74. The first kappa shape index (κ1) is 24.5. The van der Waals surface area contributed by atoms with Gasteiger partial charge in [0.2, 0.25) is 11.8 Å². The van der Waals surface area contributed by atoms with Crippen LogP contribution in [0, 0.1) is 18.7 Å². The molecule has 0 bridgehead atoms. The number of aryl methyl sites for hydroxylation is 1. The SMILES string of the molecule is COC(=O)CC1c2cc(OC)c(OC)cc2CCN1C(=O)C1CC(=O)N(c2ccc(C)cc2F)C1. The van der Waals surface area contributed by atoms with Gasteiger partial charge in [-0.15, -0.1) is 0 Å². The molecule has 2 aliphatic rings. The van der Waals surface area contributed by atoms with Gasteiger partial charge in [0.05, 0.1) is 45.4 Å². The molecule has 0 spiro atoms. The van der Waals surface area contributed by atoms with Crippen molar-refractivity contribution < 1.29 is 33.0 Å². The highest BCUT2D eigenvalue weighted by molar-refractivity contribution is 6.00. The smallest absolute Gasteiger partial charge is 0.307 e. The number of amides is 2. The molecule has 4 rings (SSSR count). The molecular weight excluding hydrogens is 455 g/mol. The molecule has 2 aliphatic heterocycles. The number of fused-ring (bicyclic) bond motifs is 1. The van der Waals surface area contributed by atoms with Crippen LogP contribution >= 0.6 is 0 Å². The van der Waals surface area contributed by atoms with E-state index < -0.39 is 23.7 Å². The third-order valence-corrected chi connectivity index (χ3v) is 6.74. The number of halogens is 1. The molecule has 2 heterocycles. The van der Waals surface area contributed by atoms with Crippen molar-refractivity contribution >= 4 is 23.5 Å². The summed E-state index contributed by atoms with van der Waals surface area (Å²) in [6.07, 6.45) is 0.490. The molecule has 2 amide bonds. The van der Waals surface area contributed by atoms with E-state index in [-0.39, 0.29) is 36.9 Å². The molecule has 0 aromatic heterocycles. The Labute approximate surface area is 203 Å². The van der Waals surface area contributed by atoms with E-state index in [9.17, 15) is 18.8 Å². The highest BCUT2D eigenvalue weighted by Crippen LogP contribution is 2.41. The highest BCUT2D eigenvalue weighted by Gasteiger charge is 2.42. The molecule has 2 aromatic rings. The van der Waals surface area contributed by atoms with Gasteiger partial charge in [-0.1, -0.05) is 6.07 Å². The second kappa shape index (κ2) is 9.93. The highest BCUT2D eigenvalue weighted by atomic mass is 19.1. The number of benzene rings is 2. The Balaban J connectivity index is 1.63. The first-order chi connectivity index (χ1) is 16.8. The molecule has 1 fully saturated rings. The molecule has 2 aromatic carbocycles. The summed E-state index contributed by atoms with van der Waals surface area (Å²) in [5.74, 6) is -1.09. The van der Waals surface area contributed by atoms with Crippen molar-refractivity contribution in [2.24, 2.45) is 5.92 Å². The maximum atomic E-state index is 14.5. The maximum absolute atomic E-state index is 14.5. The maximum Gasteiger partial charge on any atom is 0.307 e. The number of methoxy groups -OCH3 is 3. The molecular formula is C26H29FN2O6. The summed E-state index contributed by atoms with van der Waals surface area (Å²) in [4.78, 5) is 41.7. The Morgan fingerprint density at radius 2 is 1.80 bits per heavy atom. The third kappa shape index (κ3) is 4.67. The van der Waals surface area contributed by atoms with Crippen molar-refractivity contribution in [3.05, 3.63) is 52.8 Å². The number of nitrogens with zero attached hydrogens (tertiary/aromatic N) is 2. The number of carbonyl (C=O) groups is 3. The normalized spacial score (nSPS) is 19.4. The quantitative estimate of drug-likeness (QED) is 0.586. The van der Waals surface area contributed by atoms with Crippen molar-refractivity contribution in [3.63, 3.8) is 0 Å². The topological polar surface area (TPSA) is 85.4 Å². The van der Waals surface area contributed by atoms with Crippen LogP contribution in [0.5, 0.6) is 11.5 Å². The number of hydrogen-bond acceptors (Lipinski definition) is 6. The minimum absolute atomic E-state index is 0.0214. The van der Waals surface area contributed by atoms with Crippen molar-refractivity contribution in [1.29, 1.82) is 0 Å². The van der Waals surface area contributed by atoms with Crippen LogP contribution < -0.4 is 14.4 Å². The Morgan fingerprint density at radius 3 is 2.46 bits per heavy atom. The lowest BCUT2D eigenvalue weighted by atomic mass is 9.88. The number of ether oxygens (including phenoxy) is 3. The average molecular weight is 485 g/mol. The number of esters is 1. The van der Waals surface area contributed by atoms with Gasteiger partial charge in [0.25, 0.3) is 0 Å². The molecule has 8 nitrogen and oxygen atoms in total. The van der Waals surface area contributed by atoms with Gasteiger partial charge in [0.1, 0.15) is 5.82 Å². The summed E-state index contributed by atoms with van der Waals surface area (Å²) in [5, 5.41) is 0. The zero-order valence-corrected chi connectivity index (χ0v) is 20.3. The van der Waals surface area contributed by atoms with E-state index in [0.717, 1.165) is 16.7 Å². The predicted octanol–water partition coefficient (Wildman–Crippen LogP) is 3.19. The van der Waals surface area contributed by atoms with Gasteiger partial charge in [-0.2, -0.15) is 0 Å². The molecule has 0 aliphatic carbocycles. The van der Waals surface area contributed by atoms with Gasteiger partial charge in [-0.25, -0.2) is 4.39 Å². The Kier molecular flexibility index (Phi) is 6.95. The molecule has 35 heavy (non-hydrogen) atoms. The number of anilines is 1. The predicted molar refractivity (Wildman–Crippen MR) is 126 cm³/mol. The molecule has 0 N–H and O–H groups in total. The molecule has 1 saturated heterocycles. The van der Waals surface area contributed by atoms with E-state index in [2.05, 4.69) is 0 Å². The first-order valence-electron chi connectivity index (χ1n) is 11.5. The lowest BCUT2D eigenvalue weighted by Gasteiger charge is -2.38. The number of carbonyl (C=O) groups excluding carboxylic acids is 3. The number of hydrogen-bond donors (Lipinski definition) is 0. The van der Waals surface area contributed by atoms with E-state index in [4.69, 9.17) is 14.2 Å². The van der Waals surface area contributed by atoms with Gasteiger partial charge >= 0.3 is 5.97 Å². The molecule has 2 atom stereocenters. The van der Waals surface area contributed by atoms with Crippen molar-refractivity contribution in [2.75, 3.05) is 39.3 Å². The van der Waals surface area contributed by atoms with Crippen LogP contribution in [0.15, 0.2) is 30.3 Å². The fourth-order valence-corrected chi connectivity index (χ4v) is 4.92. The molecule has 186 valence electrons. The van der Waals surface area contributed by atoms with Crippen LogP contribution in [0.25, 0.3) is 0 Å². The summed E-state index contributed by atoms with van der Waals surface area (Å²) < 4.78 is 30.3. The Bertz CT molecular complexity index is 1170. The lowest BCUT2D eigenvalue weighted by Crippen LogP contribution is -2.44. The zero-order chi connectivity index (χ0) is 25.3. The van der Waals surface area contributed by atoms with Gasteiger partial charge in [0.15, 0.2) is 11.5 Å². The molecule has 0 radical (unpaired) electrons. The average Bonchev–Trinajstić information content (AvgIpc) is 3.23. The second-order valence-corrected chi connectivity index (χ2v) is 8.84. The van der Waals surface area contributed by atoms with Crippen LogP contribution in [-0.2, 0) is 25.5 Å². The van der Waals surface area contributed by atoms with Crippen LogP contribution in [-0.4, -0.2) is 57.1 Å². The Hall–Kier alpha value is -3.62. The summed E-state index contributed by atoms with van der Waals surface area (Å²) in [5.41, 5.74) is 2.64. The molecule has 0 saturated carbocycles. The van der Waals surface area contributed by atoms with E-state index in [1.165, 1.54) is 25.2 Å². The summed E-state index contributed by atoms with van der Waals surface area (Å²) in [7, 11) is 4.37. The standard InChI is InChI=1S/C26H29FN2O6/c1-15-5-6-20(19(27)9-15)29-14-17(11-24(29)30)26(32)28-8-7-16-10-22(33-2)23(34-3)12-18(16)21(28)13-25(31)35-4/h5-6,9-10,12,17,21H,7-8,11,13-14H2,1-4H3. The van der Waals surface area contributed by atoms with E-state index in [1.54, 1.807) is 37.1 Å². The minimum Gasteiger partial charge on any atom is -0.493 e. The van der Waals surface area contributed by atoms with Gasteiger partial charge in [0, 0.05) is 19.5 Å². The molecule has 2 unspecified atom stereocenters. The van der Waals surface area contributed by atoms with Crippen LogP contribution in [0.1, 0.15) is 35.6 Å². The van der Waals surface area contributed by atoms with Gasteiger partial charge in [-0.05, 0) is 54.3 Å². The lowest BCUT2D eigenvalue weighted by molar-refractivity contribution is -0.145. The van der Waals surface area contributed by atoms with E-state index >= 15 is 0 Å². The van der Waals surface area contributed by atoms with Crippen LogP contribution in [0.3, 0.4) is 0 Å². The van der Waals surface area contributed by atoms with Crippen molar-refractivity contribution in [3.8, 4) is 11.5 Å². The number of rotatable bonds is 6. The monoisotopic (exact) mass is 484 g/mol. The summed E-state index contributed by atoms with van der Waals surface area (Å²) in [6.45, 7) is 2.22. The van der Waals surface area contributed by atoms with Crippen LogP contribution in [0.2, 0.25) is 0 Å². The second-order valence-electron chi connectivity index (χ2n) is 8.84. The van der Waals surface area contributed by atoms with Gasteiger partial charge in [-0.3, -0.25) is 14.4 Å². The van der Waals surface area contributed by atoms with E-state index in [0.29, 0.717) is 24.5 Å². The Morgan fingerprint density at radius 1 is 1.09 bits per heavy atom. The summed E-state index contributed by atoms with van der Waals surface area (Å²) in [6, 6.07) is 7.73.